The Morgan fingerprint density at radius 3 is 2.47 bits per heavy atom. The smallest absolute Gasteiger partial charge is 0.00519 e. The molecule has 0 aromatic heterocycles. The van der Waals surface area contributed by atoms with Gasteiger partial charge in [-0.15, -0.1) is 0 Å². The van der Waals surface area contributed by atoms with Gasteiger partial charge in [-0.1, -0.05) is 24.6 Å². The van der Waals surface area contributed by atoms with E-state index in [1.165, 1.54) is 42.4 Å². The number of nitrogens with one attached hydrogen (secondary N) is 1. The molecule has 84 valence electrons. The zero-order valence-corrected chi connectivity index (χ0v) is 10.3. The largest absolute Gasteiger partial charge is 0.320 e. The van der Waals surface area contributed by atoms with Crippen LogP contribution in [0.25, 0.3) is 0 Å². The second kappa shape index (κ2) is 6.62. The van der Waals surface area contributed by atoms with Gasteiger partial charge in [0.15, 0.2) is 0 Å². The molecule has 15 heavy (non-hydrogen) atoms. The topological polar surface area (TPSA) is 12.0 Å². The second-order valence-electron chi connectivity index (χ2n) is 4.33. The van der Waals surface area contributed by atoms with E-state index in [0.717, 1.165) is 6.54 Å². The van der Waals surface area contributed by atoms with Crippen LogP contribution in [-0.4, -0.2) is 13.6 Å². The van der Waals surface area contributed by atoms with Gasteiger partial charge in [0.05, 0.1) is 0 Å². The van der Waals surface area contributed by atoms with Crippen molar-refractivity contribution in [2.75, 3.05) is 13.6 Å². The maximum atomic E-state index is 3.18. The summed E-state index contributed by atoms with van der Waals surface area (Å²) in [6.07, 6.45) is 5.16. The van der Waals surface area contributed by atoms with Crippen LogP contribution in [0.3, 0.4) is 0 Å². The van der Waals surface area contributed by atoms with Crippen molar-refractivity contribution in [1.29, 1.82) is 0 Å². The Kier molecular flexibility index (Phi) is 5.41. The van der Waals surface area contributed by atoms with Crippen LogP contribution < -0.4 is 5.32 Å². The molecule has 1 nitrogen and oxygen atoms in total. The van der Waals surface area contributed by atoms with Crippen LogP contribution in [0.15, 0.2) is 18.2 Å². The summed E-state index contributed by atoms with van der Waals surface area (Å²) in [4.78, 5) is 0. The van der Waals surface area contributed by atoms with Gasteiger partial charge >= 0.3 is 0 Å². The Labute approximate surface area is 93.9 Å². The molecule has 1 N–H and O–H groups in total. The predicted molar refractivity (Wildman–Crippen MR) is 67.4 cm³/mol. The first-order chi connectivity index (χ1) is 7.24. The molecule has 1 aromatic rings. The second-order valence-corrected chi connectivity index (χ2v) is 4.33. The van der Waals surface area contributed by atoms with E-state index in [0.29, 0.717) is 0 Å². The first-order valence-electron chi connectivity index (χ1n) is 5.95. The van der Waals surface area contributed by atoms with Crippen molar-refractivity contribution in [3.8, 4) is 0 Å². The van der Waals surface area contributed by atoms with Gasteiger partial charge in [-0.05, 0) is 63.4 Å². The van der Waals surface area contributed by atoms with Crippen molar-refractivity contribution in [2.45, 2.75) is 39.5 Å². The van der Waals surface area contributed by atoms with E-state index in [1.807, 2.05) is 7.05 Å². The highest BCUT2D eigenvalue weighted by Gasteiger charge is 1.96. The monoisotopic (exact) mass is 205 g/mol. The zero-order chi connectivity index (χ0) is 11.1. The molecule has 1 heteroatoms. The first-order valence-corrected chi connectivity index (χ1v) is 5.95. The van der Waals surface area contributed by atoms with Crippen LogP contribution >= 0.6 is 0 Å². The molecule has 0 saturated heterocycles. The molecule has 0 aliphatic carbocycles. The Bertz CT molecular complexity index is 291. The summed E-state index contributed by atoms with van der Waals surface area (Å²) >= 11 is 0. The molecule has 0 atom stereocenters. The van der Waals surface area contributed by atoms with Crippen molar-refractivity contribution >= 4 is 0 Å². The lowest BCUT2D eigenvalue weighted by atomic mass is 10.0. The number of aryl methyl sites for hydroxylation is 3. The van der Waals surface area contributed by atoms with Crippen molar-refractivity contribution in [3.63, 3.8) is 0 Å². The minimum Gasteiger partial charge on any atom is -0.320 e. The van der Waals surface area contributed by atoms with E-state index in [2.05, 4.69) is 37.4 Å². The normalized spacial score (nSPS) is 10.6. The number of hydrogen-bond donors (Lipinski definition) is 1. The van der Waals surface area contributed by atoms with Crippen LogP contribution in [0.4, 0.5) is 0 Å². The lowest BCUT2D eigenvalue weighted by molar-refractivity contribution is 0.642. The van der Waals surface area contributed by atoms with Gasteiger partial charge < -0.3 is 5.32 Å². The molecule has 0 saturated carbocycles. The van der Waals surface area contributed by atoms with E-state index in [-0.39, 0.29) is 0 Å². The van der Waals surface area contributed by atoms with Gasteiger partial charge in [-0.25, -0.2) is 0 Å². The fourth-order valence-electron chi connectivity index (χ4n) is 1.77. The Balaban J connectivity index is 2.28. The van der Waals surface area contributed by atoms with E-state index < -0.39 is 0 Å². The fraction of sp³-hybridized carbons (Fsp3) is 0.571. The lowest BCUT2D eigenvalue weighted by Gasteiger charge is -2.05. The maximum Gasteiger partial charge on any atom is -0.00519 e. The summed E-state index contributed by atoms with van der Waals surface area (Å²) in [6, 6.07) is 6.83. The average Bonchev–Trinajstić information content (AvgIpc) is 2.23. The molecule has 0 aliphatic heterocycles. The fourth-order valence-corrected chi connectivity index (χ4v) is 1.77. The third kappa shape index (κ3) is 4.48. The Hall–Kier alpha value is -0.820. The number of rotatable bonds is 6. The summed E-state index contributed by atoms with van der Waals surface area (Å²) in [5.74, 6) is 0. The Morgan fingerprint density at radius 1 is 1.00 bits per heavy atom. The standard InChI is InChI=1S/C14H23N/c1-12-8-9-14(11-13(12)2)7-5-4-6-10-15-3/h8-9,11,15H,4-7,10H2,1-3H3. The highest BCUT2D eigenvalue weighted by Crippen LogP contribution is 2.12. The highest BCUT2D eigenvalue weighted by atomic mass is 14.8. The van der Waals surface area contributed by atoms with E-state index >= 15 is 0 Å². The molecule has 0 aliphatic rings. The molecule has 1 rings (SSSR count). The van der Waals surface area contributed by atoms with Gasteiger partial charge in [-0.2, -0.15) is 0 Å². The molecular formula is C14H23N. The van der Waals surface area contributed by atoms with E-state index in [9.17, 15) is 0 Å². The van der Waals surface area contributed by atoms with Crippen molar-refractivity contribution in [1.82, 2.24) is 5.32 Å². The zero-order valence-electron chi connectivity index (χ0n) is 10.3. The molecule has 0 bridgehead atoms. The molecule has 0 amide bonds. The van der Waals surface area contributed by atoms with E-state index in [4.69, 9.17) is 0 Å². The van der Waals surface area contributed by atoms with Gasteiger partial charge in [0.2, 0.25) is 0 Å². The Morgan fingerprint density at radius 2 is 1.80 bits per heavy atom. The van der Waals surface area contributed by atoms with Gasteiger partial charge in [0.1, 0.15) is 0 Å². The molecule has 0 radical (unpaired) electrons. The molecule has 0 unspecified atom stereocenters. The summed E-state index contributed by atoms with van der Waals surface area (Å²) in [5.41, 5.74) is 4.30. The molecular weight excluding hydrogens is 182 g/mol. The van der Waals surface area contributed by atoms with Gasteiger partial charge in [0, 0.05) is 0 Å². The van der Waals surface area contributed by atoms with Crippen LogP contribution in [-0.2, 0) is 6.42 Å². The molecule has 1 aromatic carbocycles. The number of unbranched alkanes of at least 4 members (excludes halogenated alkanes) is 2. The first kappa shape index (κ1) is 12.3. The van der Waals surface area contributed by atoms with Gasteiger partial charge in [0.25, 0.3) is 0 Å². The SMILES string of the molecule is CNCCCCCc1ccc(C)c(C)c1. The van der Waals surface area contributed by atoms with Gasteiger partial charge in [-0.3, -0.25) is 0 Å². The van der Waals surface area contributed by atoms with Crippen LogP contribution in [0.5, 0.6) is 0 Å². The number of hydrogen-bond acceptors (Lipinski definition) is 1. The molecule has 0 heterocycles. The van der Waals surface area contributed by atoms with Crippen LogP contribution in [0.2, 0.25) is 0 Å². The quantitative estimate of drug-likeness (QED) is 0.703. The minimum atomic E-state index is 1.15. The van der Waals surface area contributed by atoms with Crippen molar-refractivity contribution in [3.05, 3.63) is 34.9 Å². The summed E-state index contributed by atoms with van der Waals surface area (Å²) in [6.45, 7) is 5.51. The van der Waals surface area contributed by atoms with E-state index in [1.54, 1.807) is 0 Å². The highest BCUT2D eigenvalue weighted by molar-refractivity contribution is 5.29. The summed E-state index contributed by atoms with van der Waals surface area (Å²) in [7, 11) is 2.02. The summed E-state index contributed by atoms with van der Waals surface area (Å²) < 4.78 is 0. The minimum absolute atomic E-state index is 1.15. The van der Waals surface area contributed by atoms with Crippen molar-refractivity contribution < 1.29 is 0 Å². The van der Waals surface area contributed by atoms with Crippen LogP contribution in [0, 0.1) is 13.8 Å². The van der Waals surface area contributed by atoms with Crippen LogP contribution in [0.1, 0.15) is 36.0 Å². The average molecular weight is 205 g/mol. The number of benzene rings is 1. The third-order valence-corrected chi connectivity index (χ3v) is 2.96. The molecule has 0 spiro atoms. The predicted octanol–water partition coefficient (Wildman–Crippen LogP) is 3.24. The maximum absolute atomic E-state index is 3.18. The van der Waals surface area contributed by atoms with Crippen molar-refractivity contribution in [2.24, 2.45) is 0 Å². The third-order valence-electron chi connectivity index (χ3n) is 2.96. The lowest BCUT2D eigenvalue weighted by Crippen LogP contribution is -2.07. The summed E-state index contributed by atoms with van der Waals surface area (Å²) in [5, 5.41) is 3.18. The molecule has 0 fully saturated rings.